The van der Waals surface area contributed by atoms with E-state index in [1.165, 1.54) is 17.9 Å². The summed E-state index contributed by atoms with van der Waals surface area (Å²) in [6.07, 6.45) is 3.41. The summed E-state index contributed by atoms with van der Waals surface area (Å²) >= 11 is 0. The summed E-state index contributed by atoms with van der Waals surface area (Å²) in [5.74, 6) is -4.50. The molecule has 1 amide bonds. The Bertz CT molecular complexity index is 1950. The van der Waals surface area contributed by atoms with Crippen LogP contribution in [-0.2, 0) is 17.8 Å². The van der Waals surface area contributed by atoms with Crippen LogP contribution < -0.4 is 9.64 Å². The summed E-state index contributed by atoms with van der Waals surface area (Å²) < 4.78 is 11.6. The van der Waals surface area contributed by atoms with E-state index in [0.29, 0.717) is 16.9 Å². The van der Waals surface area contributed by atoms with Crippen molar-refractivity contribution in [2.45, 2.75) is 38.0 Å². The van der Waals surface area contributed by atoms with Crippen LogP contribution in [0.3, 0.4) is 0 Å². The number of nitrogens with zero attached hydrogens (tertiary/aromatic N) is 4. The summed E-state index contributed by atoms with van der Waals surface area (Å²) in [4.78, 5) is 48.2. The highest BCUT2D eigenvalue weighted by atomic mass is 16.5. The van der Waals surface area contributed by atoms with Gasteiger partial charge < -0.3 is 24.6 Å². The molecule has 0 saturated heterocycles. The molecular formula is C35H32N4O8. The van der Waals surface area contributed by atoms with E-state index in [-0.39, 0.29) is 53.7 Å². The molecule has 0 bridgehead atoms. The molecule has 3 aliphatic rings. The van der Waals surface area contributed by atoms with Gasteiger partial charge in [0, 0.05) is 36.9 Å². The second-order valence-corrected chi connectivity index (χ2v) is 12.4. The number of pyridine rings is 1. The van der Waals surface area contributed by atoms with E-state index in [1.54, 1.807) is 49.6 Å². The number of allylic oxidation sites excluding steroid dienone is 1. The number of Topliss-reactive ketones (excluding diaryl/α,β-unsaturated/α-hetero) is 2. The van der Waals surface area contributed by atoms with Crippen molar-refractivity contribution in [3.8, 4) is 11.6 Å². The van der Waals surface area contributed by atoms with Crippen LogP contribution in [0.25, 0.3) is 0 Å². The van der Waals surface area contributed by atoms with Crippen LogP contribution in [0.2, 0.25) is 0 Å². The number of aromatic nitrogens is 2. The van der Waals surface area contributed by atoms with Gasteiger partial charge in [0.15, 0.2) is 17.1 Å². The highest BCUT2D eigenvalue weighted by Crippen LogP contribution is 2.56. The number of anilines is 2. The molecule has 0 unspecified atom stereocenters. The van der Waals surface area contributed by atoms with Crippen LogP contribution in [0.5, 0.6) is 11.6 Å². The van der Waals surface area contributed by atoms with Gasteiger partial charge in [-0.15, -0.1) is 0 Å². The van der Waals surface area contributed by atoms with Crippen molar-refractivity contribution in [1.29, 1.82) is 0 Å². The highest BCUT2D eigenvalue weighted by molar-refractivity contribution is 6.16. The Kier molecular flexibility index (Phi) is 7.21. The second kappa shape index (κ2) is 11.2. The van der Waals surface area contributed by atoms with Crippen LogP contribution in [0, 0.1) is 11.8 Å². The fraction of sp³-hybridized carbons (Fsp3) is 0.286. The van der Waals surface area contributed by atoms with Crippen LogP contribution in [0.15, 0.2) is 82.8 Å². The maximum atomic E-state index is 14.2. The Morgan fingerprint density at radius 1 is 1.04 bits per heavy atom. The van der Waals surface area contributed by atoms with E-state index in [1.807, 2.05) is 30.3 Å². The average Bonchev–Trinajstić information content (AvgIpc) is 3.46. The molecule has 7 rings (SSSR count). The first-order valence-electron chi connectivity index (χ1n) is 15.2. The molecule has 0 radical (unpaired) electrons. The Hall–Kier alpha value is -5.33. The normalized spacial score (nSPS) is 23.1. The predicted molar refractivity (Wildman–Crippen MR) is 167 cm³/mol. The minimum Gasteiger partial charge on any atom is -0.508 e. The van der Waals surface area contributed by atoms with Gasteiger partial charge in [0.2, 0.25) is 11.7 Å². The number of carbonyl (C=O) groups excluding carboxylic acids is 3. The highest BCUT2D eigenvalue weighted by Gasteiger charge is 2.63. The number of ether oxygens (including phenoxy) is 1. The minimum atomic E-state index is -2.49. The molecule has 47 heavy (non-hydrogen) atoms. The van der Waals surface area contributed by atoms with Gasteiger partial charge in [-0.3, -0.25) is 29.2 Å². The number of aliphatic hydroxyl groups excluding tert-OH is 1. The topological polar surface area (TPSA) is 167 Å². The number of phenolic OH excluding ortho intramolecular Hbond substituents is 1. The van der Waals surface area contributed by atoms with Gasteiger partial charge in [0.25, 0.3) is 5.88 Å². The first-order valence-corrected chi connectivity index (χ1v) is 15.2. The second-order valence-electron chi connectivity index (χ2n) is 12.4. The van der Waals surface area contributed by atoms with Gasteiger partial charge in [-0.05, 0) is 67.3 Å². The minimum absolute atomic E-state index is 0.0585. The molecule has 0 saturated carbocycles. The number of hydrogen-bond acceptors (Lipinski definition) is 11. The molecular weight excluding hydrogens is 604 g/mol. The fourth-order valence-electron chi connectivity index (χ4n) is 7.40. The van der Waals surface area contributed by atoms with E-state index in [4.69, 9.17) is 9.26 Å². The molecule has 3 aliphatic carbocycles. The molecule has 0 aliphatic heterocycles. The van der Waals surface area contributed by atoms with Gasteiger partial charge in [0.05, 0.1) is 23.0 Å². The van der Waals surface area contributed by atoms with Gasteiger partial charge in [0.1, 0.15) is 23.7 Å². The number of rotatable bonds is 6. The van der Waals surface area contributed by atoms with E-state index in [0.717, 1.165) is 5.56 Å². The van der Waals surface area contributed by atoms with E-state index >= 15 is 0 Å². The van der Waals surface area contributed by atoms with Crippen molar-refractivity contribution >= 4 is 28.8 Å². The number of carbonyl (C=O) groups is 3. The Morgan fingerprint density at radius 3 is 2.45 bits per heavy atom. The molecule has 0 spiro atoms. The molecule has 4 aromatic rings. The summed E-state index contributed by atoms with van der Waals surface area (Å²) in [5.41, 5.74) is -0.603. The average molecular weight is 637 g/mol. The third kappa shape index (κ3) is 4.63. The zero-order valence-corrected chi connectivity index (χ0v) is 25.9. The van der Waals surface area contributed by atoms with Crippen molar-refractivity contribution in [2.75, 3.05) is 19.0 Å². The lowest BCUT2D eigenvalue weighted by atomic mass is 9.58. The molecule has 240 valence electrons. The van der Waals surface area contributed by atoms with Crippen molar-refractivity contribution in [3.05, 3.63) is 106 Å². The largest absolute Gasteiger partial charge is 0.508 e. The lowest BCUT2D eigenvalue weighted by Gasteiger charge is -2.49. The van der Waals surface area contributed by atoms with E-state index in [9.17, 15) is 29.7 Å². The van der Waals surface area contributed by atoms with Crippen LogP contribution in [-0.4, -0.2) is 67.5 Å². The summed E-state index contributed by atoms with van der Waals surface area (Å²) in [6, 6.07) is 14.8. The molecule has 0 fully saturated rings. The van der Waals surface area contributed by atoms with Gasteiger partial charge in [-0.2, -0.15) is 0 Å². The number of amides is 1. The maximum Gasteiger partial charge on any atom is 0.265 e. The van der Waals surface area contributed by atoms with Crippen LogP contribution in [0.4, 0.5) is 11.4 Å². The third-order valence-corrected chi connectivity index (χ3v) is 9.40. The fourth-order valence-corrected chi connectivity index (χ4v) is 7.40. The molecule has 12 heteroatoms. The SMILES string of the molecule is CC(=O)N(c1ccncc1)c1cc(O)c2c(c1)C[C@H]1C[C@H]3[C@H](N(C)C)c4onc(OCc5ccccc5)c4C(=O)[C@@]3(O)C(O)=C1C2=O. The summed E-state index contributed by atoms with van der Waals surface area (Å²) in [5, 5.41) is 39.2. The lowest BCUT2D eigenvalue weighted by molar-refractivity contribution is -0.115. The number of hydrogen-bond donors (Lipinski definition) is 3. The molecule has 2 heterocycles. The van der Waals surface area contributed by atoms with E-state index < -0.39 is 46.6 Å². The zero-order chi connectivity index (χ0) is 33.2. The van der Waals surface area contributed by atoms with Crippen molar-refractivity contribution in [1.82, 2.24) is 15.0 Å². The monoisotopic (exact) mass is 636 g/mol. The summed E-state index contributed by atoms with van der Waals surface area (Å²) in [6.45, 7) is 1.47. The predicted octanol–water partition coefficient (Wildman–Crippen LogP) is 4.46. The first kappa shape index (κ1) is 30.3. The van der Waals surface area contributed by atoms with Crippen molar-refractivity contribution < 1.29 is 39.0 Å². The molecule has 3 N–H and O–H groups in total. The Morgan fingerprint density at radius 2 is 1.77 bits per heavy atom. The van der Waals surface area contributed by atoms with Crippen LogP contribution >= 0.6 is 0 Å². The van der Waals surface area contributed by atoms with Gasteiger partial charge in [-0.1, -0.05) is 30.3 Å². The van der Waals surface area contributed by atoms with Gasteiger partial charge in [-0.25, -0.2) is 0 Å². The number of phenols is 1. The third-order valence-electron chi connectivity index (χ3n) is 9.40. The maximum absolute atomic E-state index is 14.2. The summed E-state index contributed by atoms with van der Waals surface area (Å²) in [7, 11) is 3.52. The van der Waals surface area contributed by atoms with E-state index in [2.05, 4.69) is 10.1 Å². The molecule has 12 nitrogen and oxygen atoms in total. The zero-order valence-electron chi connectivity index (χ0n) is 25.9. The van der Waals surface area contributed by atoms with Gasteiger partial charge >= 0.3 is 0 Å². The number of benzene rings is 2. The Labute approximate surface area is 269 Å². The quantitative estimate of drug-likeness (QED) is 0.274. The lowest BCUT2D eigenvalue weighted by Crippen LogP contribution is -2.59. The number of aromatic hydroxyl groups is 1. The number of ketones is 2. The van der Waals surface area contributed by atoms with Crippen molar-refractivity contribution in [3.63, 3.8) is 0 Å². The Balaban J connectivity index is 1.30. The molecule has 2 aromatic heterocycles. The number of aliphatic hydroxyl groups is 2. The van der Waals surface area contributed by atoms with Crippen molar-refractivity contribution in [2.24, 2.45) is 11.8 Å². The first-order chi connectivity index (χ1) is 22.5. The molecule has 4 atom stereocenters. The molecule has 2 aromatic carbocycles. The van der Waals surface area contributed by atoms with Crippen LogP contribution in [0.1, 0.15) is 57.0 Å². The smallest absolute Gasteiger partial charge is 0.265 e. The standard InChI is InChI=1S/C35H32N4O8/c1-18(40)39(22-9-11-36-12-10-22)23-14-20-13-21-15-24-29(38(2)3)31-28(34(37-47-31)46-17-19-7-5-4-6-8-19)33(44)35(24,45)32(43)27(21)30(42)26(20)25(41)16-23/h4-12,14,16,21,24,29,41,43,45H,13,15,17H2,1-3H3/t21-,24-,29-,35-/m0/s1. The number of fused-ring (bicyclic) bond motifs is 4.